The topological polar surface area (TPSA) is 140 Å². The zero-order valence-corrected chi connectivity index (χ0v) is 15.9. The van der Waals surface area contributed by atoms with Crippen molar-refractivity contribution in [3.63, 3.8) is 0 Å². The number of aromatic nitrogens is 3. The molecule has 10 heteroatoms. The predicted molar refractivity (Wildman–Crippen MR) is 107 cm³/mol. The SMILES string of the molecule is CCC(C(N)=O)N(C)c1nc(Nc2cnc3ncccc3c2)c(C(N)=O)cc1F. The van der Waals surface area contributed by atoms with Gasteiger partial charge in [0.05, 0.1) is 17.4 Å². The molecule has 3 aromatic rings. The highest BCUT2D eigenvalue weighted by Gasteiger charge is 2.25. The van der Waals surface area contributed by atoms with Gasteiger partial charge in [0.2, 0.25) is 5.91 Å². The van der Waals surface area contributed by atoms with Crippen LogP contribution in [0.1, 0.15) is 23.7 Å². The Morgan fingerprint density at radius 2 is 2.03 bits per heavy atom. The Balaban J connectivity index is 2.05. The van der Waals surface area contributed by atoms with E-state index in [0.29, 0.717) is 17.8 Å². The standard InChI is InChI=1S/C19H20FN7O2/c1-3-14(16(22)29)27(2)19-13(20)8-12(15(21)28)18(26-19)25-11-7-10-5-4-6-23-17(10)24-9-11/h4-9,14H,3H2,1-2H3,(H2,21,28)(H2,22,29)(H,25,26). The molecule has 0 aliphatic rings. The highest BCUT2D eigenvalue weighted by Crippen LogP contribution is 2.27. The van der Waals surface area contributed by atoms with Crippen LogP contribution in [0, 0.1) is 5.82 Å². The van der Waals surface area contributed by atoms with E-state index in [1.807, 2.05) is 6.07 Å². The molecule has 2 amide bonds. The number of carbonyl (C=O) groups excluding carboxylic acids is 2. The fraction of sp³-hybridized carbons (Fsp3) is 0.211. The van der Waals surface area contributed by atoms with Gasteiger partial charge >= 0.3 is 0 Å². The van der Waals surface area contributed by atoms with Crippen LogP contribution < -0.4 is 21.7 Å². The fourth-order valence-electron chi connectivity index (χ4n) is 2.99. The van der Waals surface area contributed by atoms with Crippen LogP contribution in [-0.4, -0.2) is 39.9 Å². The highest BCUT2D eigenvalue weighted by molar-refractivity contribution is 5.99. The van der Waals surface area contributed by atoms with Gasteiger partial charge in [0.15, 0.2) is 17.3 Å². The number of nitrogens with one attached hydrogen (secondary N) is 1. The summed E-state index contributed by atoms with van der Waals surface area (Å²) in [6.07, 6.45) is 3.49. The van der Waals surface area contributed by atoms with Gasteiger partial charge in [-0.05, 0) is 30.7 Å². The number of primary amides is 2. The molecule has 29 heavy (non-hydrogen) atoms. The molecule has 0 aliphatic heterocycles. The van der Waals surface area contributed by atoms with E-state index in [1.165, 1.54) is 18.1 Å². The van der Waals surface area contributed by atoms with Gasteiger partial charge < -0.3 is 21.7 Å². The summed E-state index contributed by atoms with van der Waals surface area (Å²) in [4.78, 5) is 37.4. The van der Waals surface area contributed by atoms with Gasteiger partial charge in [0.1, 0.15) is 11.9 Å². The average Bonchev–Trinajstić information content (AvgIpc) is 2.68. The molecular weight excluding hydrogens is 377 g/mol. The molecule has 0 radical (unpaired) electrons. The molecule has 1 unspecified atom stereocenters. The molecule has 0 saturated heterocycles. The number of hydrogen-bond donors (Lipinski definition) is 3. The van der Waals surface area contributed by atoms with Gasteiger partial charge in [0.25, 0.3) is 5.91 Å². The molecule has 0 fully saturated rings. The number of nitrogens with zero attached hydrogens (tertiary/aromatic N) is 4. The number of hydrogen-bond acceptors (Lipinski definition) is 7. The van der Waals surface area contributed by atoms with E-state index in [1.54, 1.807) is 25.3 Å². The third kappa shape index (κ3) is 4.05. The number of anilines is 3. The molecule has 3 heterocycles. The summed E-state index contributed by atoms with van der Waals surface area (Å²) in [5.74, 6) is -2.38. The molecule has 0 spiro atoms. The average molecular weight is 397 g/mol. The first-order valence-corrected chi connectivity index (χ1v) is 8.82. The van der Waals surface area contributed by atoms with Crippen LogP contribution in [0.15, 0.2) is 36.7 Å². The van der Waals surface area contributed by atoms with E-state index in [0.717, 1.165) is 11.5 Å². The van der Waals surface area contributed by atoms with Crippen LogP contribution in [0.5, 0.6) is 0 Å². The fourth-order valence-corrected chi connectivity index (χ4v) is 2.99. The van der Waals surface area contributed by atoms with E-state index in [9.17, 15) is 14.0 Å². The Kier molecular flexibility index (Phi) is 5.53. The smallest absolute Gasteiger partial charge is 0.252 e. The van der Waals surface area contributed by atoms with Crippen LogP contribution in [0.3, 0.4) is 0 Å². The van der Waals surface area contributed by atoms with Crippen molar-refractivity contribution < 1.29 is 14.0 Å². The second kappa shape index (κ2) is 8.05. The zero-order chi connectivity index (χ0) is 21.1. The molecule has 5 N–H and O–H groups in total. The maximum absolute atomic E-state index is 14.6. The number of rotatable bonds is 7. The van der Waals surface area contributed by atoms with E-state index in [2.05, 4.69) is 20.3 Å². The van der Waals surface area contributed by atoms with Gasteiger partial charge in [0, 0.05) is 18.6 Å². The van der Waals surface area contributed by atoms with Crippen molar-refractivity contribution in [2.75, 3.05) is 17.3 Å². The van der Waals surface area contributed by atoms with Crippen molar-refractivity contribution in [2.24, 2.45) is 11.5 Å². The normalized spacial score (nSPS) is 11.8. The monoisotopic (exact) mass is 397 g/mol. The van der Waals surface area contributed by atoms with Crippen LogP contribution in [0.2, 0.25) is 0 Å². The first-order valence-electron chi connectivity index (χ1n) is 8.82. The number of nitrogens with two attached hydrogens (primary N) is 2. The number of amides is 2. The summed E-state index contributed by atoms with van der Waals surface area (Å²) in [5, 5.41) is 3.70. The van der Waals surface area contributed by atoms with Gasteiger partial charge in [-0.15, -0.1) is 0 Å². The molecule has 1 atom stereocenters. The van der Waals surface area contributed by atoms with Crippen LogP contribution in [-0.2, 0) is 4.79 Å². The molecule has 3 aromatic heterocycles. The van der Waals surface area contributed by atoms with Gasteiger partial charge in [-0.25, -0.2) is 19.3 Å². The highest BCUT2D eigenvalue weighted by atomic mass is 19.1. The lowest BCUT2D eigenvalue weighted by Crippen LogP contribution is -2.43. The van der Waals surface area contributed by atoms with E-state index < -0.39 is 23.7 Å². The number of halogens is 1. The summed E-state index contributed by atoms with van der Waals surface area (Å²) in [5.41, 5.74) is 11.7. The maximum atomic E-state index is 14.6. The van der Waals surface area contributed by atoms with Gasteiger partial charge in [-0.3, -0.25) is 9.59 Å². The Bertz CT molecular complexity index is 1090. The second-order valence-corrected chi connectivity index (χ2v) is 6.39. The molecule has 3 rings (SSSR count). The number of carbonyl (C=O) groups is 2. The number of likely N-dealkylation sites (N-methyl/N-ethyl adjacent to an activating group) is 1. The lowest BCUT2D eigenvalue weighted by Gasteiger charge is -2.26. The summed E-state index contributed by atoms with van der Waals surface area (Å²) < 4.78 is 14.6. The molecular formula is C19H20FN7O2. The first-order chi connectivity index (χ1) is 13.8. The number of pyridine rings is 3. The minimum atomic E-state index is -0.856. The molecule has 150 valence electrons. The van der Waals surface area contributed by atoms with Crippen molar-refractivity contribution in [2.45, 2.75) is 19.4 Å². The van der Waals surface area contributed by atoms with Crippen LogP contribution >= 0.6 is 0 Å². The van der Waals surface area contributed by atoms with Crippen molar-refractivity contribution in [1.29, 1.82) is 0 Å². The Hall–Kier alpha value is -3.82. The second-order valence-electron chi connectivity index (χ2n) is 6.39. The summed E-state index contributed by atoms with van der Waals surface area (Å²) in [6, 6.07) is 5.56. The van der Waals surface area contributed by atoms with E-state index in [4.69, 9.17) is 11.5 Å². The lowest BCUT2D eigenvalue weighted by molar-refractivity contribution is -0.119. The van der Waals surface area contributed by atoms with Crippen molar-refractivity contribution in [1.82, 2.24) is 15.0 Å². The Morgan fingerprint density at radius 1 is 1.28 bits per heavy atom. The Labute approximate surface area is 165 Å². The van der Waals surface area contributed by atoms with Crippen LogP contribution in [0.4, 0.5) is 21.7 Å². The minimum absolute atomic E-state index is 0.0325. The van der Waals surface area contributed by atoms with Crippen LogP contribution in [0.25, 0.3) is 11.0 Å². The van der Waals surface area contributed by atoms with E-state index in [-0.39, 0.29) is 17.2 Å². The molecule has 0 saturated carbocycles. The quantitative estimate of drug-likeness (QED) is 0.551. The number of fused-ring (bicyclic) bond motifs is 1. The predicted octanol–water partition coefficient (Wildman–Crippen LogP) is 1.71. The molecule has 9 nitrogen and oxygen atoms in total. The first kappa shape index (κ1) is 19.9. The molecule has 0 aromatic carbocycles. The van der Waals surface area contributed by atoms with Gasteiger partial charge in [-0.2, -0.15) is 0 Å². The Morgan fingerprint density at radius 3 is 2.69 bits per heavy atom. The third-order valence-electron chi connectivity index (χ3n) is 4.46. The maximum Gasteiger partial charge on any atom is 0.252 e. The third-order valence-corrected chi connectivity index (χ3v) is 4.46. The largest absolute Gasteiger partial charge is 0.368 e. The lowest BCUT2D eigenvalue weighted by atomic mass is 10.1. The summed E-state index contributed by atoms with van der Waals surface area (Å²) >= 11 is 0. The summed E-state index contributed by atoms with van der Waals surface area (Å²) in [7, 11) is 1.50. The summed E-state index contributed by atoms with van der Waals surface area (Å²) in [6.45, 7) is 1.75. The van der Waals surface area contributed by atoms with Crippen molar-refractivity contribution in [3.05, 3.63) is 48.0 Å². The van der Waals surface area contributed by atoms with Gasteiger partial charge in [-0.1, -0.05) is 6.92 Å². The van der Waals surface area contributed by atoms with Crippen molar-refractivity contribution >= 4 is 40.2 Å². The zero-order valence-electron chi connectivity index (χ0n) is 15.9. The van der Waals surface area contributed by atoms with E-state index >= 15 is 0 Å². The van der Waals surface area contributed by atoms with Crippen molar-refractivity contribution in [3.8, 4) is 0 Å². The molecule has 0 bridgehead atoms. The molecule has 0 aliphatic carbocycles. The minimum Gasteiger partial charge on any atom is -0.368 e.